The fourth-order valence-corrected chi connectivity index (χ4v) is 3.61. The quantitative estimate of drug-likeness (QED) is 0.748. The number of aromatic nitrogens is 2. The largest absolute Gasteiger partial charge is 0.379 e. The maximum atomic E-state index is 11.5. The summed E-state index contributed by atoms with van der Waals surface area (Å²) in [5, 5.41) is 37.9. The molecule has 3 atom stereocenters. The van der Waals surface area contributed by atoms with Gasteiger partial charge in [0.15, 0.2) is 5.60 Å². The van der Waals surface area contributed by atoms with Crippen LogP contribution < -0.4 is 4.90 Å². The van der Waals surface area contributed by atoms with E-state index in [0.29, 0.717) is 23.4 Å². The smallest absolute Gasteiger partial charge is 0.254 e. The molecule has 2 heterocycles. The monoisotopic (exact) mass is 289 g/mol. The predicted octanol–water partition coefficient (Wildman–Crippen LogP) is 0.647. The van der Waals surface area contributed by atoms with Crippen LogP contribution >= 0.6 is 0 Å². The lowest BCUT2D eigenvalue weighted by atomic mass is 9.80. The lowest BCUT2D eigenvalue weighted by molar-refractivity contribution is -0.808. The molecule has 1 aliphatic carbocycles. The highest BCUT2D eigenvalue weighted by Crippen LogP contribution is 2.50. The van der Waals surface area contributed by atoms with Crippen LogP contribution in [0.15, 0.2) is 35.0 Å². The zero-order chi connectivity index (χ0) is 14.6. The average Bonchev–Trinajstić information content (AvgIpc) is 3.00. The number of hydroxylamine groups is 2. The topological polar surface area (TPSA) is 96.7 Å². The second-order valence-corrected chi connectivity index (χ2v) is 5.71. The molecule has 21 heavy (non-hydrogen) atoms. The molecule has 0 unspecified atom stereocenters. The first-order valence-electron chi connectivity index (χ1n) is 6.95. The molecule has 7 heteroatoms. The van der Waals surface area contributed by atoms with Gasteiger partial charge >= 0.3 is 0 Å². The lowest BCUT2D eigenvalue weighted by Crippen LogP contribution is -2.47. The Balaban J connectivity index is 1.77. The van der Waals surface area contributed by atoms with Crippen molar-refractivity contribution in [3.63, 3.8) is 0 Å². The summed E-state index contributed by atoms with van der Waals surface area (Å²) in [7, 11) is 0. The van der Waals surface area contributed by atoms with E-state index >= 15 is 0 Å². The van der Waals surface area contributed by atoms with Gasteiger partial charge in [0.2, 0.25) is 5.69 Å². The van der Waals surface area contributed by atoms with Crippen LogP contribution in [0.5, 0.6) is 0 Å². The van der Waals surface area contributed by atoms with Gasteiger partial charge < -0.3 is 15.5 Å². The third kappa shape index (κ3) is 1.65. The van der Waals surface area contributed by atoms with Crippen molar-refractivity contribution >= 4 is 0 Å². The van der Waals surface area contributed by atoms with E-state index in [1.807, 2.05) is 30.3 Å². The number of hydrogen-bond donors (Lipinski definition) is 2. The van der Waals surface area contributed by atoms with Crippen molar-refractivity contribution in [3.8, 4) is 0 Å². The Labute approximate surface area is 120 Å². The van der Waals surface area contributed by atoms with Gasteiger partial charge in [-0.15, -0.1) is 0 Å². The highest BCUT2D eigenvalue weighted by molar-refractivity contribution is 5.29. The summed E-state index contributed by atoms with van der Waals surface area (Å²) in [6.07, 6.45) is 1.18. The minimum atomic E-state index is -1.36. The molecule has 2 aliphatic rings. The molecule has 1 saturated heterocycles. The van der Waals surface area contributed by atoms with Crippen LogP contribution in [0.3, 0.4) is 0 Å². The van der Waals surface area contributed by atoms with Gasteiger partial charge in [-0.25, -0.2) is 0 Å². The molecule has 2 N–H and O–H groups in total. The summed E-state index contributed by atoms with van der Waals surface area (Å²) in [5.74, 6) is 0. The van der Waals surface area contributed by atoms with Crippen molar-refractivity contribution < 1.29 is 19.8 Å². The van der Waals surface area contributed by atoms with E-state index in [1.54, 1.807) is 0 Å². The van der Waals surface area contributed by atoms with Gasteiger partial charge in [-0.05, 0) is 16.9 Å². The van der Waals surface area contributed by atoms with Gasteiger partial charge in [0.05, 0.1) is 12.1 Å². The van der Waals surface area contributed by atoms with Crippen LogP contribution in [0.1, 0.15) is 35.8 Å². The molecule has 110 valence electrons. The van der Waals surface area contributed by atoms with E-state index in [2.05, 4.69) is 9.79 Å². The van der Waals surface area contributed by atoms with E-state index in [-0.39, 0.29) is 18.2 Å². The van der Waals surface area contributed by atoms with E-state index in [0.717, 1.165) is 5.56 Å². The summed E-state index contributed by atoms with van der Waals surface area (Å²) in [4.78, 5) is 0.348. The Hall–Kier alpha value is -1.96. The molecule has 0 bridgehead atoms. The van der Waals surface area contributed by atoms with Gasteiger partial charge in [-0.2, -0.15) is 5.06 Å². The van der Waals surface area contributed by atoms with Crippen molar-refractivity contribution in [2.24, 2.45) is 0 Å². The number of benzene rings is 1. The molecular weight excluding hydrogens is 274 g/mol. The Kier molecular flexibility index (Phi) is 2.59. The molecule has 0 amide bonds. The van der Waals surface area contributed by atoms with E-state index in [9.17, 15) is 15.5 Å². The lowest BCUT2D eigenvalue weighted by Gasteiger charge is -2.31. The maximum absolute atomic E-state index is 11.5. The molecule has 0 spiro atoms. The molecule has 1 aliphatic heterocycles. The van der Waals surface area contributed by atoms with Gasteiger partial charge in [-0.1, -0.05) is 30.3 Å². The zero-order valence-corrected chi connectivity index (χ0v) is 11.2. The molecule has 0 radical (unpaired) electrons. The Bertz CT molecular complexity index is 674. The van der Waals surface area contributed by atoms with Crippen molar-refractivity contribution in [1.29, 1.82) is 0 Å². The predicted molar refractivity (Wildman–Crippen MR) is 68.9 cm³/mol. The Morgan fingerprint density at radius 3 is 2.90 bits per heavy atom. The molecule has 1 fully saturated rings. The third-order valence-electron chi connectivity index (χ3n) is 4.64. The van der Waals surface area contributed by atoms with E-state index < -0.39 is 11.6 Å². The number of fused-ring (bicyclic) bond motifs is 3. The minimum absolute atomic E-state index is 0.256. The standard InChI is InChI=1S/C14H15N3O4/c18-14-8-11(9-4-2-1-3-5-9)16(19)12(14)7-6-10-13(14)15-21-17(10)20/h1-5,11-12,18-19H,6-8H2/t11-,12-,14-/m0/s1. The Morgan fingerprint density at radius 1 is 1.38 bits per heavy atom. The van der Waals surface area contributed by atoms with Gasteiger partial charge in [-0.3, -0.25) is 4.63 Å². The van der Waals surface area contributed by atoms with Gasteiger partial charge in [0.25, 0.3) is 5.69 Å². The van der Waals surface area contributed by atoms with Crippen molar-refractivity contribution in [1.82, 2.24) is 10.2 Å². The summed E-state index contributed by atoms with van der Waals surface area (Å²) < 4.78 is 4.62. The Morgan fingerprint density at radius 2 is 2.14 bits per heavy atom. The molecule has 2 aromatic rings. The van der Waals surface area contributed by atoms with Crippen LogP contribution in [-0.2, 0) is 12.0 Å². The summed E-state index contributed by atoms with van der Waals surface area (Å²) in [6, 6.07) is 8.69. The zero-order valence-electron chi connectivity index (χ0n) is 11.2. The minimum Gasteiger partial charge on any atom is -0.379 e. The van der Waals surface area contributed by atoms with Crippen LogP contribution in [0.25, 0.3) is 0 Å². The fourth-order valence-electron chi connectivity index (χ4n) is 3.61. The number of aliphatic hydroxyl groups is 1. The molecule has 1 aromatic carbocycles. The van der Waals surface area contributed by atoms with Crippen LogP contribution in [-0.4, -0.2) is 26.6 Å². The molecule has 7 nitrogen and oxygen atoms in total. The normalized spacial score (nSPS) is 31.9. The van der Waals surface area contributed by atoms with Crippen LogP contribution in [0.4, 0.5) is 0 Å². The molecule has 4 rings (SSSR count). The maximum Gasteiger partial charge on any atom is 0.254 e. The van der Waals surface area contributed by atoms with Crippen molar-refractivity contribution in [3.05, 3.63) is 52.5 Å². The molecule has 0 saturated carbocycles. The highest BCUT2D eigenvalue weighted by Gasteiger charge is 2.60. The van der Waals surface area contributed by atoms with E-state index in [4.69, 9.17) is 0 Å². The highest BCUT2D eigenvalue weighted by atomic mass is 16.8. The number of nitrogens with zero attached hydrogens (tertiary/aromatic N) is 3. The summed E-state index contributed by atoms with van der Waals surface area (Å²) in [6.45, 7) is 0. The van der Waals surface area contributed by atoms with Gasteiger partial charge in [0, 0.05) is 18.0 Å². The first-order chi connectivity index (χ1) is 10.1. The average molecular weight is 289 g/mol. The summed E-state index contributed by atoms with van der Waals surface area (Å²) >= 11 is 0. The van der Waals surface area contributed by atoms with Gasteiger partial charge in [0.1, 0.15) is 0 Å². The molecule has 1 aromatic heterocycles. The van der Waals surface area contributed by atoms with E-state index in [1.165, 1.54) is 5.06 Å². The second-order valence-electron chi connectivity index (χ2n) is 5.71. The van der Waals surface area contributed by atoms with Crippen LogP contribution in [0.2, 0.25) is 0 Å². The van der Waals surface area contributed by atoms with Crippen molar-refractivity contribution in [2.45, 2.75) is 36.9 Å². The second kappa shape index (κ2) is 4.27. The van der Waals surface area contributed by atoms with Crippen LogP contribution in [0, 0.1) is 5.21 Å². The first kappa shape index (κ1) is 12.8. The first-order valence-corrected chi connectivity index (χ1v) is 6.95. The third-order valence-corrected chi connectivity index (χ3v) is 4.64. The molecular formula is C14H15N3O4. The summed E-state index contributed by atoms with van der Waals surface area (Å²) in [5.41, 5.74) is 0.173. The SMILES string of the molecule is [O-][n+]1onc2c1CC[C@@H]1N(O)[C@H](c3ccccc3)C[C@@]21O. The fraction of sp³-hybridized carbons (Fsp3) is 0.429. The van der Waals surface area contributed by atoms with Crippen molar-refractivity contribution in [2.75, 3.05) is 0 Å². The number of hydrogen-bond acceptors (Lipinski definition) is 6. The number of rotatable bonds is 1.